The predicted octanol–water partition coefficient (Wildman–Crippen LogP) is 4.47. The maximum atomic E-state index is 5.71. The Morgan fingerprint density at radius 3 is 2.62 bits per heavy atom. The van der Waals surface area contributed by atoms with Gasteiger partial charge in [-0.3, -0.25) is 0 Å². The van der Waals surface area contributed by atoms with E-state index >= 15 is 0 Å². The number of guanidine groups is 1. The van der Waals surface area contributed by atoms with E-state index in [1.165, 1.54) is 0 Å². The highest BCUT2D eigenvalue weighted by atomic mass is 127. The van der Waals surface area contributed by atoms with E-state index in [9.17, 15) is 0 Å². The number of hydrogen-bond acceptors (Lipinski definition) is 5. The normalized spacial score (nSPS) is 10.7. The third kappa shape index (κ3) is 7.96. The van der Waals surface area contributed by atoms with E-state index in [-0.39, 0.29) is 24.0 Å². The van der Waals surface area contributed by atoms with Gasteiger partial charge in [-0.15, -0.1) is 24.0 Å². The zero-order chi connectivity index (χ0) is 20.2. The Morgan fingerprint density at radius 1 is 1.10 bits per heavy atom. The largest absolute Gasteiger partial charge is 0.493 e. The van der Waals surface area contributed by atoms with Crippen molar-refractivity contribution in [2.45, 2.75) is 33.7 Å². The van der Waals surface area contributed by atoms with Gasteiger partial charge in [0.15, 0.2) is 17.5 Å². The van der Waals surface area contributed by atoms with Crippen LogP contribution < -0.4 is 24.8 Å². The lowest BCUT2D eigenvalue weighted by atomic mass is 10.2. The summed E-state index contributed by atoms with van der Waals surface area (Å²) in [6.45, 7) is 8.43. The zero-order valence-electron chi connectivity index (χ0n) is 17.5. The fourth-order valence-electron chi connectivity index (χ4n) is 2.50. The number of methoxy groups -OCH3 is 1. The molecule has 29 heavy (non-hydrogen) atoms. The van der Waals surface area contributed by atoms with Crippen LogP contribution in [0.5, 0.6) is 17.4 Å². The van der Waals surface area contributed by atoms with Gasteiger partial charge < -0.3 is 24.8 Å². The summed E-state index contributed by atoms with van der Waals surface area (Å²) in [5.41, 5.74) is 1.80. The van der Waals surface area contributed by atoms with Crippen LogP contribution >= 0.6 is 24.0 Å². The lowest BCUT2D eigenvalue weighted by molar-refractivity contribution is 0.302. The first-order valence-corrected chi connectivity index (χ1v) is 9.64. The van der Waals surface area contributed by atoms with Crippen LogP contribution in [0.25, 0.3) is 0 Å². The van der Waals surface area contributed by atoms with Crippen molar-refractivity contribution in [1.82, 2.24) is 10.3 Å². The summed E-state index contributed by atoms with van der Waals surface area (Å²) < 4.78 is 16.7. The molecule has 0 unspecified atom stereocenters. The molecule has 0 aliphatic carbocycles. The van der Waals surface area contributed by atoms with Gasteiger partial charge in [0.1, 0.15) is 0 Å². The highest BCUT2D eigenvalue weighted by molar-refractivity contribution is 14.0. The summed E-state index contributed by atoms with van der Waals surface area (Å²) in [6.07, 6.45) is 2.66. The molecule has 0 saturated carbocycles. The Balaban J connectivity index is 0.00000420. The molecule has 2 aromatic rings. The molecule has 8 heteroatoms. The molecule has 2 N–H and O–H groups in total. The van der Waals surface area contributed by atoms with Gasteiger partial charge in [-0.1, -0.05) is 13.0 Å². The summed E-state index contributed by atoms with van der Waals surface area (Å²) in [6, 6.07) is 9.56. The van der Waals surface area contributed by atoms with Crippen molar-refractivity contribution in [3.8, 4) is 17.4 Å². The first-order chi connectivity index (χ1) is 13.7. The first-order valence-electron chi connectivity index (χ1n) is 9.64. The Morgan fingerprint density at radius 2 is 1.93 bits per heavy atom. The Hall–Kier alpha value is -2.23. The van der Waals surface area contributed by atoms with Crippen molar-refractivity contribution >= 4 is 35.6 Å². The molecule has 2 rings (SSSR count). The molecule has 160 valence electrons. The number of halogens is 1. The quantitative estimate of drug-likeness (QED) is 0.277. The second-order valence-corrected chi connectivity index (χ2v) is 5.93. The standard InChI is InChI=1S/C21H30N4O3.HI/c1-5-13-28-20-16(9-8-12-23-20)15-24-21(22-6-2)25-17-10-11-18(26-4)19(14-17)27-7-3;/h8-12,14H,5-7,13,15H2,1-4H3,(H2,22,24,25);1H. The molecule has 0 aliphatic rings. The van der Waals surface area contributed by atoms with Gasteiger partial charge in [0.25, 0.3) is 0 Å². The summed E-state index contributed by atoms with van der Waals surface area (Å²) >= 11 is 0. The number of hydrogen-bond donors (Lipinski definition) is 2. The predicted molar refractivity (Wildman–Crippen MR) is 128 cm³/mol. The molecule has 0 radical (unpaired) electrons. The van der Waals surface area contributed by atoms with Crippen molar-refractivity contribution in [2.75, 3.05) is 32.2 Å². The number of ether oxygens (including phenoxy) is 3. The minimum Gasteiger partial charge on any atom is -0.493 e. The second-order valence-electron chi connectivity index (χ2n) is 5.93. The summed E-state index contributed by atoms with van der Waals surface area (Å²) in [5, 5.41) is 6.55. The summed E-state index contributed by atoms with van der Waals surface area (Å²) in [4.78, 5) is 8.98. The number of anilines is 1. The van der Waals surface area contributed by atoms with Gasteiger partial charge in [-0.05, 0) is 38.5 Å². The summed E-state index contributed by atoms with van der Waals surface area (Å²) in [7, 11) is 1.63. The Kier molecular flexibility index (Phi) is 11.9. The molecule has 1 aromatic heterocycles. The molecule has 0 amide bonds. The molecule has 0 aliphatic heterocycles. The van der Waals surface area contributed by atoms with E-state index in [2.05, 4.69) is 27.5 Å². The lowest BCUT2D eigenvalue weighted by Gasteiger charge is -2.15. The maximum absolute atomic E-state index is 5.71. The maximum Gasteiger partial charge on any atom is 0.218 e. The molecular formula is C21H31IN4O3. The minimum atomic E-state index is 0. The molecule has 1 aromatic carbocycles. The second kappa shape index (κ2) is 13.9. The van der Waals surface area contributed by atoms with E-state index in [0.717, 1.165) is 24.2 Å². The van der Waals surface area contributed by atoms with Crippen molar-refractivity contribution in [3.05, 3.63) is 42.1 Å². The van der Waals surface area contributed by atoms with Crippen molar-refractivity contribution in [2.24, 2.45) is 4.99 Å². The molecule has 7 nitrogen and oxygen atoms in total. The SMILES string of the molecule is CCCOc1ncccc1CN=C(NCC)Nc1ccc(OC)c(OCC)c1.I. The minimum absolute atomic E-state index is 0. The van der Waals surface area contributed by atoms with E-state index < -0.39 is 0 Å². The smallest absolute Gasteiger partial charge is 0.218 e. The van der Waals surface area contributed by atoms with Crippen LogP contribution in [0, 0.1) is 0 Å². The molecule has 0 saturated heterocycles. The van der Waals surface area contributed by atoms with Crippen molar-refractivity contribution < 1.29 is 14.2 Å². The monoisotopic (exact) mass is 514 g/mol. The van der Waals surface area contributed by atoms with Crippen LogP contribution in [0.15, 0.2) is 41.5 Å². The number of rotatable bonds is 10. The van der Waals surface area contributed by atoms with Crippen LogP contribution in [-0.4, -0.2) is 37.8 Å². The number of aliphatic imine (C=N–C) groups is 1. The van der Waals surface area contributed by atoms with Crippen LogP contribution in [-0.2, 0) is 6.54 Å². The van der Waals surface area contributed by atoms with Gasteiger partial charge in [0.2, 0.25) is 5.88 Å². The molecular weight excluding hydrogens is 483 g/mol. The van der Waals surface area contributed by atoms with Crippen molar-refractivity contribution in [1.29, 1.82) is 0 Å². The summed E-state index contributed by atoms with van der Waals surface area (Å²) in [5.74, 6) is 2.68. The first kappa shape index (κ1) is 24.8. The van der Waals surface area contributed by atoms with Gasteiger partial charge in [0, 0.05) is 30.1 Å². The van der Waals surface area contributed by atoms with E-state index in [1.807, 2.05) is 44.2 Å². The number of benzene rings is 1. The number of pyridine rings is 1. The molecule has 0 spiro atoms. The topological polar surface area (TPSA) is 77.0 Å². The van der Waals surface area contributed by atoms with Gasteiger partial charge in [-0.25, -0.2) is 9.98 Å². The number of nitrogens with one attached hydrogen (secondary N) is 2. The van der Waals surface area contributed by atoms with Crippen LogP contribution in [0.2, 0.25) is 0 Å². The van der Waals surface area contributed by atoms with Gasteiger partial charge >= 0.3 is 0 Å². The van der Waals surface area contributed by atoms with Gasteiger partial charge in [0.05, 0.1) is 26.9 Å². The third-order valence-corrected chi connectivity index (χ3v) is 3.77. The van der Waals surface area contributed by atoms with E-state index in [4.69, 9.17) is 14.2 Å². The number of aromatic nitrogens is 1. The third-order valence-electron chi connectivity index (χ3n) is 3.77. The highest BCUT2D eigenvalue weighted by Gasteiger charge is 2.08. The molecule has 0 fully saturated rings. The van der Waals surface area contributed by atoms with Crippen LogP contribution in [0.3, 0.4) is 0 Å². The molecule has 0 bridgehead atoms. The van der Waals surface area contributed by atoms with Crippen LogP contribution in [0.1, 0.15) is 32.8 Å². The Bertz CT molecular complexity index is 771. The molecule has 1 heterocycles. The fourth-order valence-corrected chi connectivity index (χ4v) is 2.50. The van der Waals surface area contributed by atoms with Gasteiger partial charge in [-0.2, -0.15) is 0 Å². The Labute approximate surface area is 190 Å². The van der Waals surface area contributed by atoms with E-state index in [1.54, 1.807) is 13.3 Å². The average Bonchev–Trinajstić information content (AvgIpc) is 2.72. The van der Waals surface area contributed by atoms with Crippen molar-refractivity contribution in [3.63, 3.8) is 0 Å². The van der Waals surface area contributed by atoms with Crippen LogP contribution in [0.4, 0.5) is 5.69 Å². The highest BCUT2D eigenvalue weighted by Crippen LogP contribution is 2.30. The zero-order valence-corrected chi connectivity index (χ0v) is 19.9. The molecule has 0 atom stereocenters. The average molecular weight is 514 g/mol. The lowest BCUT2D eigenvalue weighted by Crippen LogP contribution is -2.30. The van der Waals surface area contributed by atoms with E-state index in [0.29, 0.717) is 43.1 Å². The number of nitrogens with zero attached hydrogens (tertiary/aromatic N) is 2. The fraction of sp³-hybridized carbons (Fsp3) is 0.429.